The molecule has 0 saturated heterocycles. The summed E-state index contributed by atoms with van der Waals surface area (Å²) in [6, 6.07) is 5.41. The van der Waals surface area contributed by atoms with Gasteiger partial charge < -0.3 is 25.4 Å². The number of nitrogens with two attached hydrogens (primary N) is 2. The third-order valence-electron chi connectivity index (χ3n) is 3.07. The summed E-state index contributed by atoms with van der Waals surface area (Å²) in [7, 11) is 0. The molecule has 0 spiro atoms. The fraction of sp³-hybridized carbons (Fsp3) is 0.154. The number of aromatic nitrogens is 5. The molecule has 11 heteroatoms. The van der Waals surface area contributed by atoms with Gasteiger partial charge in [0.25, 0.3) is 5.22 Å². The molecule has 0 atom stereocenters. The van der Waals surface area contributed by atoms with Gasteiger partial charge in [-0.1, -0.05) is 11.8 Å². The Hall–Kier alpha value is -3.08. The van der Waals surface area contributed by atoms with Gasteiger partial charge in [0.15, 0.2) is 11.5 Å². The monoisotopic (exact) mass is 345 g/mol. The lowest BCUT2D eigenvalue weighted by Gasteiger charge is -2.00. The molecule has 10 nitrogen and oxygen atoms in total. The van der Waals surface area contributed by atoms with Crippen LogP contribution in [0.4, 0.5) is 11.9 Å². The maximum atomic E-state index is 5.62. The van der Waals surface area contributed by atoms with Gasteiger partial charge in [0.05, 0.1) is 5.75 Å². The Morgan fingerprint density at radius 1 is 1.00 bits per heavy atom. The molecule has 3 heterocycles. The lowest BCUT2D eigenvalue weighted by atomic mass is 10.2. The van der Waals surface area contributed by atoms with E-state index in [1.807, 2.05) is 6.07 Å². The van der Waals surface area contributed by atoms with Crippen LogP contribution in [0.3, 0.4) is 0 Å². The summed E-state index contributed by atoms with van der Waals surface area (Å²) in [4.78, 5) is 11.7. The van der Waals surface area contributed by atoms with Crippen molar-refractivity contribution >= 4 is 23.7 Å². The summed E-state index contributed by atoms with van der Waals surface area (Å²) in [5.74, 6) is 2.68. The first-order valence-electron chi connectivity index (χ1n) is 6.79. The van der Waals surface area contributed by atoms with E-state index in [2.05, 4.69) is 25.1 Å². The second kappa shape index (κ2) is 5.85. The van der Waals surface area contributed by atoms with Crippen LogP contribution in [0, 0.1) is 0 Å². The van der Waals surface area contributed by atoms with Gasteiger partial charge in [-0.25, -0.2) is 0 Å². The first-order chi connectivity index (χ1) is 11.7. The number of thioether (sulfide) groups is 1. The molecule has 0 radical (unpaired) electrons. The molecule has 0 aliphatic carbocycles. The highest BCUT2D eigenvalue weighted by Gasteiger charge is 2.17. The van der Waals surface area contributed by atoms with Crippen LogP contribution in [-0.2, 0) is 5.75 Å². The minimum atomic E-state index is 0.0738. The molecule has 1 aliphatic rings. The third kappa shape index (κ3) is 2.88. The molecule has 0 amide bonds. The number of benzene rings is 1. The Kier molecular flexibility index (Phi) is 3.54. The average molecular weight is 345 g/mol. The number of hydrogen-bond donors (Lipinski definition) is 2. The number of ether oxygens (including phenoxy) is 2. The van der Waals surface area contributed by atoms with E-state index in [4.69, 9.17) is 25.4 Å². The Bertz CT molecular complexity index is 881. The van der Waals surface area contributed by atoms with Gasteiger partial charge in [-0.2, -0.15) is 15.0 Å². The fourth-order valence-electron chi connectivity index (χ4n) is 2.06. The molecule has 1 aromatic carbocycles. The van der Waals surface area contributed by atoms with Gasteiger partial charge in [-0.15, -0.1) is 10.2 Å². The van der Waals surface area contributed by atoms with E-state index in [0.717, 1.165) is 5.56 Å². The summed E-state index contributed by atoms with van der Waals surface area (Å²) < 4.78 is 16.2. The summed E-state index contributed by atoms with van der Waals surface area (Å²) in [5, 5.41) is 8.38. The topological polar surface area (TPSA) is 148 Å². The molecule has 0 saturated carbocycles. The van der Waals surface area contributed by atoms with Crippen molar-refractivity contribution < 1.29 is 13.9 Å². The predicted octanol–water partition coefficient (Wildman–Crippen LogP) is 1.11. The quantitative estimate of drug-likeness (QED) is 0.655. The number of nitrogen functional groups attached to an aromatic ring is 2. The molecule has 0 fully saturated rings. The number of fused-ring (bicyclic) bond motifs is 1. The van der Waals surface area contributed by atoms with E-state index in [1.54, 1.807) is 12.1 Å². The minimum absolute atomic E-state index is 0.0738. The fourth-order valence-corrected chi connectivity index (χ4v) is 2.68. The van der Waals surface area contributed by atoms with Crippen molar-refractivity contribution in [2.75, 3.05) is 18.3 Å². The lowest BCUT2D eigenvalue weighted by Crippen LogP contribution is -2.05. The van der Waals surface area contributed by atoms with E-state index in [1.165, 1.54) is 11.8 Å². The van der Waals surface area contributed by atoms with Crippen molar-refractivity contribution in [1.82, 2.24) is 25.1 Å². The van der Waals surface area contributed by atoms with Crippen molar-refractivity contribution in [3.8, 4) is 23.0 Å². The van der Waals surface area contributed by atoms with Gasteiger partial charge in [-0.3, -0.25) is 0 Å². The number of nitrogens with zero attached hydrogens (tertiary/aromatic N) is 5. The van der Waals surface area contributed by atoms with Crippen LogP contribution in [0.5, 0.6) is 11.5 Å². The normalized spacial score (nSPS) is 12.5. The number of anilines is 2. The molecular weight excluding hydrogens is 334 g/mol. The van der Waals surface area contributed by atoms with Crippen molar-refractivity contribution in [3.05, 3.63) is 24.0 Å². The van der Waals surface area contributed by atoms with Gasteiger partial charge in [-0.05, 0) is 18.2 Å². The van der Waals surface area contributed by atoms with Gasteiger partial charge >= 0.3 is 0 Å². The van der Waals surface area contributed by atoms with Crippen molar-refractivity contribution in [2.24, 2.45) is 0 Å². The van der Waals surface area contributed by atoms with Crippen LogP contribution in [0.2, 0.25) is 0 Å². The van der Waals surface area contributed by atoms with Crippen LogP contribution in [0.15, 0.2) is 27.8 Å². The first-order valence-corrected chi connectivity index (χ1v) is 7.78. The zero-order chi connectivity index (χ0) is 16.5. The molecule has 0 bridgehead atoms. The Morgan fingerprint density at radius 2 is 1.79 bits per heavy atom. The summed E-state index contributed by atoms with van der Waals surface area (Å²) in [5.41, 5.74) is 11.8. The number of rotatable bonds is 4. The molecule has 122 valence electrons. The van der Waals surface area contributed by atoms with E-state index in [9.17, 15) is 0 Å². The summed E-state index contributed by atoms with van der Waals surface area (Å²) in [6.07, 6.45) is 0. The molecule has 4 rings (SSSR count). The zero-order valence-corrected chi connectivity index (χ0v) is 13.0. The largest absolute Gasteiger partial charge is 0.454 e. The van der Waals surface area contributed by atoms with Crippen molar-refractivity contribution in [2.45, 2.75) is 11.0 Å². The van der Waals surface area contributed by atoms with Gasteiger partial charge in [0, 0.05) is 5.56 Å². The molecule has 4 N–H and O–H groups in total. The number of hydrogen-bond acceptors (Lipinski definition) is 11. The molecule has 0 unspecified atom stereocenters. The van der Waals surface area contributed by atoms with E-state index in [0.29, 0.717) is 34.2 Å². The second-order valence-corrected chi connectivity index (χ2v) is 5.62. The van der Waals surface area contributed by atoms with Crippen LogP contribution >= 0.6 is 11.8 Å². The van der Waals surface area contributed by atoms with Crippen LogP contribution in [0.25, 0.3) is 11.5 Å². The van der Waals surface area contributed by atoms with E-state index in [-0.39, 0.29) is 18.7 Å². The van der Waals surface area contributed by atoms with Crippen molar-refractivity contribution in [1.29, 1.82) is 0 Å². The van der Waals surface area contributed by atoms with E-state index >= 15 is 0 Å². The van der Waals surface area contributed by atoms with Gasteiger partial charge in [0.2, 0.25) is 24.6 Å². The second-order valence-electron chi connectivity index (χ2n) is 4.70. The zero-order valence-electron chi connectivity index (χ0n) is 12.2. The molecule has 1 aliphatic heterocycles. The maximum Gasteiger partial charge on any atom is 0.277 e. The summed E-state index contributed by atoms with van der Waals surface area (Å²) in [6.45, 7) is 0.210. The van der Waals surface area contributed by atoms with Crippen LogP contribution in [-0.4, -0.2) is 31.9 Å². The third-order valence-corrected chi connectivity index (χ3v) is 3.88. The summed E-state index contributed by atoms with van der Waals surface area (Å²) >= 11 is 1.27. The van der Waals surface area contributed by atoms with Crippen LogP contribution < -0.4 is 20.9 Å². The highest BCUT2D eigenvalue weighted by Crippen LogP contribution is 2.36. The smallest absolute Gasteiger partial charge is 0.277 e. The molecule has 24 heavy (non-hydrogen) atoms. The minimum Gasteiger partial charge on any atom is -0.454 e. The maximum absolute atomic E-state index is 5.62. The molecule has 3 aromatic rings. The Morgan fingerprint density at radius 3 is 2.62 bits per heavy atom. The standard InChI is InChI=1S/C13H11N7O3S/c14-11-16-9(17-12(15)18-11)4-24-13-20-19-10(23-13)6-1-2-7-8(3-6)22-5-21-7/h1-3H,4-5H2,(H4,14,15,16,17,18). The molecular formula is C13H11N7O3S. The Labute approximate surface area is 139 Å². The SMILES string of the molecule is Nc1nc(N)nc(CSc2nnc(-c3ccc4c(c3)OCO4)o2)n1. The Balaban J connectivity index is 1.48. The highest BCUT2D eigenvalue weighted by atomic mass is 32.2. The van der Waals surface area contributed by atoms with Crippen molar-refractivity contribution in [3.63, 3.8) is 0 Å². The van der Waals surface area contributed by atoms with Gasteiger partial charge in [0.1, 0.15) is 5.82 Å². The first kappa shape index (κ1) is 14.5. The van der Waals surface area contributed by atoms with Crippen LogP contribution in [0.1, 0.15) is 5.82 Å². The lowest BCUT2D eigenvalue weighted by molar-refractivity contribution is 0.174. The highest BCUT2D eigenvalue weighted by molar-refractivity contribution is 7.98. The average Bonchev–Trinajstić information content (AvgIpc) is 3.20. The predicted molar refractivity (Wildman–Crippen MR) is 84.1 cm³/mol. The van der Waals surface area contributed by atoms with E-state index < -0.39 is 0 Å². The molecule has 2 aromatic heterocycles.